The van der Waals surface area contributed by atoms with Gasteiger partial charge in [-0.2, -0.15) is 10.2 Å². The van der Waals surface area contributed by atoms with Crippen molar-refractivity contribution in [3.63, 3.8) is 0 Å². The van der Waals surface area contributed by atoms with Crippen LogP contribution in [0.1, 0.15) is 24.7 Å². The summed E-state index contributed by atoms with van der Waals surface area (Å²) in [5.41, 5.74) is 8.95. The molecule has 5 nitrogen and oxygen atoms in total. The van der Waals surface area contributed by atoms with Gasteiger partial charge in [-0.05, 0) is 31.2 Å². The third-order valence-corrected chi connectivity index (χ3v) is 4.02. The van der Waals surface area contributed by atoms with Crippen LogP contribution in [0.3, 0.4) is 0 Å². The molecule has 0 atom stereocenters. The maximum Gasteiger partial charge on any atom is 0.123 e. The van der Waals surface area contributed by atoms with Gasteiger partial charge in [-0.1, -0.05) is 13.3 Å². The molecule has 2 rings (SSSR count). The van der Waals surface area contributed by atoms with Crippen molar-refractivity contribution in [2.24, 2.45) is 14.1 Å². The number of aryl methyl sites for hydroxylation is 4. The summed E-state index contributed by atoms with van der Waals surface area (Å²) < 4.78 is 3.72. The average molecular weight is 265 g/mol. The number of nitrogens with zero attached hydrogens (tertiary/aromatic N) is 4. The van der Waals surface area contributed by atoms with Crippen molar-refractivity contribution in [3.8, 4) is 0 Å². The van der Waals surface area contributed by atoms with Crippen LogP contribution in [0, 0.1) is 6.92 Å². The third kappa shape index (κ3) is 2.38. The average Bonchev–Trinajstić information content (AvgIpc) is 2.74. The third-order valence-electron chi connectivity index (χ3n) is 2.75. The van der Waals surface area contributed by atoms with Gasteiger partial charge in [-0.15, -0.1) is 0 Å². The Labute approximate surface area is 111 Å². The molecular formula is C12H19N5S. The zero-order chi connectivity index (χ0) is 13.3. The zero-order valence-electron chi connectivity index (χ0n) is 11.3. The number of hydrogen-bond donors (Lipinski definition) is 1. The molecule has 0 radical (unpaired) electrons. The Kier molecular flexibility index (Phi) is 3.65. The first-order valence-electron chi connectivity index (χ1n) is 6.02. The van der Waals surface area contributed by atoms with Gasteiger partial charge in [0.25, 0.3) is 0 Å². The van der Waals surface area contributed by atoms with E-state index in [9.17, 15) is 0 Å². The Hall–Kier alpha value is -1.43. The van der Waals surface area contributed by atoms with Crippen molar-refractivity contribution < 1.29 is 0 Å². The van der Waals surface area contributed by atoms with E-state index in [0.29, 0.717) is 0 Å². The maximum absolute atomic E-state index is 6.16. The number of rotatable bonds is 4. The van der Waals surface area contributed by atoms with Crippen molar-refractivity contribution in [1.82, 2.24) is 19.6 Å². The van der Waals surface area contributed by atoms with Crippen LogP contribution in [0.25, 0.3) is 0 Å². The Morgan fingerprint density at radius 2 is 2.00 bits per heavy atom. The minimum atomic E-state index is 0.795. The fourth-order valence-electron chi connectivity index (χ4n) is 1.90. The Morgan fingerprint density at radius 1 is 1.28 bits per heavy atom. The van der Waals surface area contributed by atoms with Gasteiger partial charge in [0, 0.05) is 14.1 Å². The summed E-state index contributed by atoms with van der Waals surface area (Å²) in [6, 6.07) is 2.05. The van der Waals surface area contributed by atoms with Gasteiger partial charge in [0.15, 0.2) is 0 Å². The van der Waals surface area contributed by atoms with E-state index in [1.807, 2.05) is 30.4 Å². The molecule has 2 N–H and O–H groups in total. The van der Waals surface area contributed by atoms with Crippen LogP contribution < -0.4 is 5.73 Å². The molecule has 0 aliphatic rings. The van der Waals surface area contributed by atoms with Crippen molar-refractivity contribution in [2.45, 2.75) is 36.7 Å². The van der Waals surface area contributed by atoms with E-state index in [2.05, 4.69) is 23.2 Å². The van der Waals surface area contributed by atoms with Gasteiger partial charge in [0.05, 0.1) is 17.1 Å². The maximum atomic E-state index is 6.16. The van der Waals surface area contributed by atoms with Gasteiger partial charge >= 0.3 is 0 Å². The molecule has 0 unspecified atom stereocenters. The van der Waals surface area contributed by atoms with Crippen LogP contribution in [0.4, 0.5) is 5.69 Å². The van der Waals surface area contributed by atoms with E-state index in [4.69, 9.17) is 5.73 Å². The smallest absolute Gasteiger partial charge is 0.123 e. The normalized spacial score (nSPS) is 11.1. The van der Waals surface area contributed by atoms with Gasteiger partial charge in [-0.25, -0.2) is 0 Å². The fourth-order valence-corrected chi connectivity index (χ4v) is 2.90. The molecule has 0 aliphatic carbocycles. The summed E-state index contributed by atoms with van der Waals surface area (Å²) in [6.07, 6.45) is 1.97. The fraction of sp³-hybridized carbons (Fsp3) is 0.500. The summed E-state index contributed by atoms with van der Waals surface area (Å²) in [6.45, 7) is 4.12. The molecule has 0 spiro atoms. The van der Waals surface area contributed by atoms with Crippen LogP contribution in [0.5, 0.6) is 0 Å². The molecular weight excluding hydrogens is 246 g/mol. The largest absolute Gasteiger partial charge is 0.395 e. The van der Waals surface area contributed by atoms with Crippen molar-refractivity contribution in [3.05, 3.63) is 17.5 Å². The lowest BCUT2D eigenvalue weighted by Crippen LogP contribution is -1.97. The standard InChI is InChI=1S/C12H19N5S/c1-5-6-9-11(13)12(17(4)15-9)18-10-7-8(2)14-16(10)3/h7H,5-6,13H2,1-4H3. The topological polar surface area (TPSA) is 61.7 Å². The van der Waals surface area contributed by atoms with E-state index in [1.165, 1.54) is 0 Å². The first-order chi connectivity index (χ1) is 8.52. The van der Waals surface area contributed by atoms with Gasteiger partial charge in [-0.3, -0.25) is 9.36 Å². The second-order valence-corrected chi connectivity index (χ2v) is 5.40. The van der Waals surface area contributed by atoms with Crippen LogP contribution in [-0.2, 0) is 20.5 Å². The van der Waals surface area contributed by atoms with E-state index in [-0.39, 0.29) is 0 Å². The first kappa shape index (κ1) is 13.0. The lowest BCUT2D eigenvalue weighted by molar-refractivity contribution is 0.671. The van der Waals surface area contributed by atoms with Crippen molar-refractivity contribution >= 4 is 17.4 Å². The molecule has 2 aromatic rings. The summed E-state index contributed by atoms with van der Waals surface area (Å²) in [4.78, 5) is 0. The lowest BCUT2D eigenvalue weighted by atomic mass is 10.2. The number of nitrogens with two attached hydrogens (primary N) is 1. The van der Waals surface area contributed by atoms with Crippen molar-refractivity contribution in [2.75, 3.05) is 5.73 Å². The van der Waals surface area contributed by atoms with E-state index < -0.39 is 0 Å². The summed E-state index contributed by atoms with van der Waals surface area (Å²) in [5.74, 6) is 0. The SMILES string of the molecule is CCCc1nn(C)c(Sc2cc(C)nn2C)c1N. The van der Waals surface area contributed by atoms with Gasteiger partial charge < -0.3 is 5.73 Å². The van der Waals surface area contributed by atoms with Gasteiger partial charge in [0.2, 0.25) is 0 Å². The molecule has 2 heterocycles. The number of anilines is 1. The summed E-state index contributed by atoms with van der Waals surface area (Å²) in [5, 5.41) is 10.9. The first-order valence-corrected chi connectivity index (χ1v) is 6.84. The molecule has 98 valence electrons. The number of nitrogen functional groups attached to an aromatic ring is 1. The minimum Gasteiger partial charge on any atom is -0.395 e. The molecule has 0 aromatic carbocycles. The molecule has 0 amide bonds. The molecule has 6 heteroatoms. The summed E-state index contributed by atoms with van der Waals surface area (Å²) in [7, 11) is 3.87. The Bertz CT molecular complexity index is 555. The highest BCUT2D eigenvalue weighted by Crippen LogP contribution is 2.33. The molecule has 0 saturated carbocycles. The minimum absolute atomic E-state index is 0.795. The van der Waals surface area contributed by atoms with Crippen LogP contribution in [-0.4, -0.2) is 19.6 Å². The predicted octanol–water partition coefficient (Wildman–Crippen LogP) is 2.15. The molecule has 18 heavy (non-hydrogen) atoms. The number of hydrogen-bond acceptors (Lipinski definition) is 4. The van der Waals surface area contributed by atoms with E-state index in [1.54, 1.807) is 11.8 Å². The second-order valence-electron chi connectivity index (χ2n) is 4.39. The van der Waals surface area contributed by atoms with Crippen LogP contribution in [0.15, 0.2) is 16.1 Å². The van der Waals surface area contributed by atoms with Gasteiger partial charge in [0.1, 0.15) is 10.1 Å². The highest BCUT2D eigenvalue weighted by molar-refractivity contribution is 7.99. The van der Waals surface area contributed by atoms with Crippen molar-refractivity contribution in [1.29, 1.82) is 0 Å². The second kappa shape index (κ2) is 5.06. The quantitative estimate of drug-likeness (QED) is 0.920. The van der Waals surface area contributed by atoms with E-state index in [0.717, 1.165) is 40.0 Å². The van der Waals surface area contributed by atoms with E-state index >= 15 is 0 Å². The molecule has 2 aromatic heterocycles. The lowest BCUT2D eigenvalue weighted by Gasteiger charge is -2.03. The number of aromatic nitrogens is 4. The molecule has 0 bridgehead atoms. The molecule has 0 saturated heterocycles. The molecule has 0 fully saturated rings. The highest BCUT2D eigenvalue weighted by Gasteiger charge is 2.15. The van der Waals surface area contributed by atoms with Crippen LogP contribution >= 0.6 is 11.8 Å². The highest BCUT2D eigenvalue weighted by atomic mass is 32.2. The summed E-state index contributed by atoms with van der Waals surface area (Å²) >= 11 is 1.61. The van der Waals surface area contributed by atoms with Crippen LogP contribution in [0.2, 0.25) is 0 Å². The Balaban J connectivity index is 2.31. The molecule has 0 aliphatic heterocycles. The zero-order valence-corrected chi connectivity index (χ0v) is 12.1. The predicted molar refractivity (Wildman–Crippen MR) is 73.7 cm³/mol. The Morgan fingerprint density at radius 3 is 2.56 bits per heavy atom. The monoisotopic (exact) mass is 265 g/mol.